The van der Waals surface area contributed by atoms with Crippen molar-refractivity contribution in [3.63, 3.8) is 0 Å². The third kappa shape index (κ3) is 2.30. The van der Waals surface area contributed by atoms with Gasteiger partial charge in [0.25, 0.3) is 0 Å². The van der Waals surface area contributed by atoms with Gasteiger partial charge in [-0.1, -0.05) is 6.07 Å². The average molecular weight is 290 g/mol. The normalized spacial score (nSPS) is 20.2. The van der Waals surface area contributed by atoms with Gasteiger partial charge in [0.15, 0.2) is 28.7 Å². The molecule has 1 aliphatic heterocycles. The zero-order valence-electron chi connectivity index (χ0n) is 11.1. The smallest absolute Gasteiger partial charge is 0.200 e. The van der Waals surface area contributed by atoms with E-state index >= 15 is 0 Å². The molecular formula is C15H14O6. The lowest BCUT2D eigenvalue weighted by molar-refractivity contribution is 0.359. The van der Waals surface area contributed by atoms with Crippen molar-refractivity contribution in [1.82, 2.24) is 0 Å². The van der Waals surface area contributed by atoms with E-state index in [0.29, 0.717) is 11.3 Å². The van der Waals surface area contributed by atoms with Crippen molar-refractivity contribution >= 4 is 0 Å². The molecule has 1 heterocycles. The van der Waals surface area contributed by atoms with Crippen LogP contribution >= 0.6 is 0 Å². The van der Waals surface area contributed by atoms with Gasteiger partial charge in [0.1, 0.15) is 12.2 Å². The van der Waals surface area contributed by atoms with E-state index in [1.807, 2.05) is 0 Å². The third-order valence-corrected chi connectivity index (χ3v) is 3.44. The Balaban J connectivity index is 1.85. The lowest BCUT2D eigenvalue weighted by atomic mass is 10.0. The molecule has 4 N–H and O–H groups in total. The second-order valence-corrected chi connectivity index (χ2v) is 4.82. The summed E-state index contributed by atoms with van der Waals surface area (Å²) in [5.74, 6) is -0.983. The molecule has 110 valence electrons. The monoisotopic (exact) mass is 290 g/mol. The molecule has 0 amide bonds. The van der Waals surface area contributed by atoms with Crippen LogP contribution in [0.1, 0.15) is 23.3 Å². The molecule has 0 spiro atoms. The van der Waals surface area contributed by atoms with E-state index in [1.54, 1.807) is 18.2 Å². The molecule has 1 fully saturated rings. The van der Waals surface area contributed by atoms with Crippen LogP contribution in [0.4, 0.5) is 0 Å². The summed E-state index contributed by atoms with van der Waals surface area (Å²) in [6.07, 6.45) is -0.639. The van der Waals surface area contributed by atoms with Crippen LogP contribution in [0.15, 0.2) is 30.3 Å². The van der Waals surface area contributed by atoms with E-state index in [-0.39, 0.29) is 18.0 Å². The molecule has 2 aromatic carbocycles. The summed E-state index contributed by atoms with van der Waals surface area (Å²) in [6.45, 7) is 0. The molecule has 0 radical (unpaired) electrons. The highest BCUT2D eigenvalue weighted by Gasteiger charge is 2.42. The fourth-order valence-corrected chi connectivity index (χ4v) is 2.29. The number of epoxide rings is 1. The topological polar surface area (TPSA) is 103 Å². The molecule has 0 saturated carbocycles. The fourth-order valence-electron chi connectivity index (χ4n) is 2.29. The number of phenols is 4. The minimum atomic E-state index is -0.557. The van der Waals surface area contributed by atoms with Gasteiger partial charge in [-0.3, -0.25) is 0 Å². The largest absolute Gasteiger partial charge is 0.504 e. The van der Waals surface area contributed by atoms with Gasteiger partial charge in [0, 0.05) is 0 Å². The molecule has 0 unspecified atom stereocenters. The van der Waals surface area contributed by atoms with E-state index in [2.05, 4.69) is 0 Å². The van der Waals surface area contributed by atoms with Crippen molar-refractivity contribution in [2.45, 2.75) is 12.2 Å². The number of hydrogen-bond donors (Lipinski definition) is 4. The minimum absolute atomic E-state index is 0.0145. The molecule has 1 saturated heterocycles. The fraction of sp³-hybridized carbons (Fsp3) is 0.200. The van der Waals surface area contributed by atoms with Gasteiger partial charge in [0.2, 0.25) is 0 Å². The molecule has 2 aromatic rings. The molecule has 2 atom stereocenters. The van der Waals surface area contributed by atoms with Crippen LogP contribution in [0.25, 0.3) is 0 Å². The summed E-state index contributed by atoms with van der Waals surface area (Å²) in [5.41, 5.74) is 1.30. The lowest BCUT2D eigenvalue weighted by Crippen LogP contribution is -1.88. The number of benzene rings is 2. The van der Waals surface area contributed by atoms with Gasteiger partial charge in [-0.15, -0.1) is 0 Å². The van der Waals surface area contributed by atoms with Crippen LogP contribution in [0, 0.1) is 0 Å². The first-order valence-electron chi connectivity index (χ1n) is 6.28. The molecule has 6 nitrogen and oxygen atoms in total. The maximum absolute atomic E-state index is 9.76. The van der Waals surface area contributed by atoms with Crippen LogP contribution in [0.2, 0.25) is 0 Å². The first-order chi connectivity index (χ1) is 10.0. The summed E-state index contributed by atoms with van der Waals surface area (Å²) in [6, 6.07) is 7.62. The Hall–Kier alpha value is -2.60. The van der Waals surface area contributed by atoms with Crippen LogP contribution in [-0.4, -0.2) is 27.5 Å². The van der Waals surface area contributed by atoms with Crippen molar-refractivity contribution in [2.24, 2.45) is 0 Å². The lowest BCUT2D eigenvalue weighted by Gasteiger charge is -2.05. The van der Waals surface area contributed by atoms with E-state index in [4.69, 9.17) is 9.47 Å². The molecule has 3 rings (SSSR count). The number of methoxy groups -OCH3 is 1. The molecule has 21 heavy (non-hydrogen) atoms. The predicted molar refractivity (Wildman–Crippen MR) is 72.7 cm³/mol. The Morgan fingerprint density at radius 2 is 1.43 bits per heavy atom. The van der Waals surface area contributed by atoms with E-state index < -0.39 is 17.2 Å². The maximum Gasteiger partial charge on any atom is 0.200 e. The zero-order chi connectivity index (χ0) is 15.1. The molecular weight excluding hydrogens is 276 g/mol. The Bertz CT molecular complexity index is 674. The molecule has 1 aliphatic rings. The number of hydrogen-bond acceptors (Lipinski definition) is 6. The summed E-state index contributed by atoms with van der Waals surface area (Å²) < 4.78 is 10.5. The number of ether oxygens (including phenoxy) is 2. The van der Waals surface area contributed by atoms with E-state index in [9.17, 15) is 20.4 Å². The SMILES string of the molecule is COc1ccc([C@H]2O[C@@H]2c2cc(O)c(O)c(O)c2)cc1O. The van der Waals surface area contributed by atoms with Crippen molar-refractivity contribution < 1.29 is 29.9 Å². The van der Waals surface area contributed by atoms with Crippen molar-refractivity contribution in [3.05, 3.63) is 41.5 Å². The van der Waals surface area contributed by atoms with Crippen molar-refractivity contribution in [2.75, 3.05) is 7.11 Å². The first kappa shape index (κ1) is 13.4. The highest BCUT2D eigenvalue weighted by Crippen LogP contribution is 2.54. The highest BCUT2D eigenvalue weighted by atomic mass is 16.6. The molecule has 0 bridgehead atoms. The molecule has 0 aliphatic carbocycles. The van der Waals surface area contributed by atoms with Crippen LogP contribution < -0.4 is 4.74 Å². The predicted octanol–water partition coefficient (Wildman–Crippen LogP) is 2.33. The standard InChI is InChI=1S/C15H14O6/c1-20-12-3-2-7(4-9(12)16)14-15(21-14)8-5-10(17)13(19)11(18)6-8/h2-6,14-19H,1H3/t14-,15-/m1/s1. The summed E-state index contributed by atoms with van der Waals surface area (Å²) in [7, 11) is 1.47. The van der Waals surface area contributed by atoms with Crippen LogP contribution in [0.5, 0.6) is 28.7 Å². The van der Waals surface area contributed by atoms with Gasteiger partial charge in [0.05, 0.1) is 7.11 Å². The third-order valence-electron chi connectivity index (χ3n) is 3.44. The van der Waals surface area contributed by atoms with Crippen LogP contribution in [-0.2, 0) is 4.74 Å². The Morgan fingerprint density at radius 3 is 2.00 bits per heavy atom. The van der Waals surface area contributed by atoms with Gasteiger partial charge >= 0.3 is 0 Å². The van der Waals surface area contributed by atoms with E-state index in [0.717, 1.165) is 5.56 Å². The number of aromatic hydroxyl groups is 4. The first-order valence-corrected chi connectivity index (χ1v) is 6.28. The van der Waals surface area contributed by atoms with Gasteiger partial charge in [-0.2, -0.15) is 0 Å². The second-order valence-electron chi connectivity index (χ2n) is 4.82. The zero-order valence-corrected chi connectivity index (χ0v) is 11.1. The summed E-state index contributed by atoms with van der Waals surface area (Å²) >= 11 is 0. The second kappa shape index (κ2) is 4.75. The highest BCUT2D eigenvalue weighted by molar-refractivity contribution is 5.53. The van der Waals surface area contributed by atoms with Crippen LogP contribution in [0.3, 0.4) is 0 Å². The van der Waals surface area contributed by atoms with Gasteiger partial charge in [-0.25, -0.2) is 0 Å². The Labute approximate surface area is 120 Å². The van der Waals surface area contributed by atoms with Gasteiger partial charge in [-0.05, 0) is 35.4 Å². The Kier molecular flexibility index (Phi) is 3.03. The van der Waals surface area contributed by atoms with Crippen molar-refractivity contribution in [3.8, 4) is 28.7 Å². The Morgan fingerprint density at radius 1 is 0.857 bits per heavy atom. The average Bonchev–Trinajstić information content (AvgIpc) is 3.24. The minimum Gasteiger partial charge on any atom is -0.504 e. The van der Waals surface area contributed by atoms with E-state index in [1.165, 1.54) is 19.2 Å². The van der Waals surface area contributed by atoms with Crippen molar-refractivity contribution in [1.29, 1.82) is 0 Å². The number of rotatable bonds is 3. The molecule has 6 heteroatoms. The number of phenolic OH excluding ortho intramolecular Hbond substituents is 4. The quantitative estimate of drug-likeness (QED) is 0.511. The summed E-state index contributed by atoms with van der Waals surface area (Å²) in [5, 5.41) is 38.1. The van der Waals surface area contributed by atoms with Gasteiger partial charge < -0.3 is 29.9 Å². The summed E-state index contributed by atoms with van der Waals surface area (Å²) in [4.78, 5) is 0. The maximum atomic E-state index is 9.76. The molecule has 0 aromatic heterocycles.